The number of nitriles is 1. The smallest absolute Gasteiger partial charge is 0.240 e. The first kappa shape index (κ1) is 25.7. The predicted molar refractivity (Wildman–Crippen MR) is 151 cm³/mol. The number of sulfonamides is 1. The minimum atomic E-state index is -3.56. The predicted octanol–water partition coefficient (Wildman–Crippen LogP) is 4.25. The van der Waals surface area contributed by atoms with Gasteiger partial charge in [0, 0.05) is 18.8 Å². The fourth-order valence-electron chi connectivity index (χ4n) is 4.79. The molecule has 0 aromatic heterocycles. The summed E-state index contributed by atoms with van der Waals surface area (Å²) in [6.45, 7) is 7.23. The number of aliphatic imine (C=N–C) groups is 1. The molecule has 10 heteroatoms. The van der Waals surface area contributed by atoms with Crippen LogP contribution in [0.1, 0.15) is 29.5 Å². The molecule has 9 nitrogen and oxygen atoms in total. The van der Waals surface area contributed by atoms with Gasteiger partial charge in [-0.3, -0.25) is 10.9 Å². The van der Waals surface area contributed by atoms with Crippen LogP contribution in [0.5, 0.6) is 0 Å². The average Bonchev–Trinajstić information content (AvgIpc) is 3.43. The lowest BCUT2D eigenvalue weighted by atomic mass is 9.96. The second-order valence-corrected chi connectivity index (χ2v) is 11.4. The highest BCUT2D eigenvalue weighted by molar-refractivity contribution is 7.89. The molecule has 3 aromatic rings. The van der Waals surface area contributed by atoms with Crippen LogP contribution in [0, 0.1) is 25.2 Å². The molecule has 0 radical (unpaired) electrons. The summed E-state index contributed by atoms with van der Waals surface area (Å²) in [5.41, 5.74) is 13.3. The van der Waals surface area contributed by atoms with Gasteiger partial charge in [-0.05, 0) is 111 Å². The largest absolute Gasteiger partial charge is 0.325 e. The van der Waals surface area contributed by atoms with E-state index in [4.69, 9.17) is 4.99 Å². The van der Waals surface area contributed by atoms with Crippen LogP contribution >= 0.6 is 0 Å². The third kappa shape index (κ3) is 5.65. The Labute approximate surface area is 223 Å². The summed E-state index contributed by atoms with van der Waals surface area (Å²) in [6, 6.07) is 18.6. The summed E-state index contributed by atoms with van der Waals surface area (Å²) >= 11 is 0. The fourth-order valence-corrected chi connectivity index (χ4v) is 5.81. The quantitative estimate of drug-likeness (QED) is 0.361. The minimum Gasteiger partial charge on any atom is -0.325 e. The molecule has 0 amide bonds. The van der Waals surface area contributed by atoms with E-state index in [2.05, 4.69) is 37.9 Å². The summed E-state index contributed by atoms with van der Waals surface area (Å²) in [4.78, 5) is 7.23. The Morgan fingerprint density at radius 2 is 1.76 bits per heavy atom. The van der Waals surface area contributed by atoms with Gasteiger partial charge in [0.05, 0.1) is 27.9 Å². The second kappa shape index (κ2) is 10.8. The van der Waals surface area contributed by atoms with Crippen LogP contribution < -0.4 is 20.9 Å². The van der Waals surface area contributed by atoms with E-state index in [1.165, 1.54) is 12.8 Å². The number of guanidine groups is 1. The van der Waals surface area contributed by atoms with E-state index in [1.807, 2.05) is 38.1 Å². The summed E-state index contributed by atoms with van der Waals surface area (Å²) in [6.07, 6.45) is 2.36. The van der Waals surface area contributed by atoms with Crippen LogP contribution in [-0.4, -0.2) is 45.5 Å². The van der Waals surface area contributed by atoms with Crippen LogP contribution in [0.25, 0.3) is 11.1 Å². The number of rotatable bonds is 7. The molecule has 3 aromatic carbocycles. The first-order valence-electron chi connectivity index (χ1n) is 12.7. The monoisotopic (exact) mass is 529 g/mol. The maximum atomic E-state index is 12.7. The topological polar surface area (TPSA) is 122 Å². The zero-order valence-electron chi connectivity index (χ0n) is 21.5. The number of nitrogens with zero attached hydrogens (tertiary/aromatic N) is 3. The lowest BCUT2D eigenvalue weighted by Crippen LogP contribution is -2.37. The first-order chi connectivity index (χ1) is 18.3. The fraction of sp³-hybridized carbons (Fsp3) is 0.286. The Kier molecular flexibility index (Phi) is 7.33. The van der Waals surface area contributed by atoms with Gasteiger partial charge in [0.2, 0.25) is 16.0 Å². The van der Waals surface area contributed by atoms with E-state index in [9.17, 15) is 13.7 Å². The lowest BCUT2D eigenvalue weighted by Gasteiger charge is -2.23. The molecule has 2 heterocycles. The Bertz CT molecular complexity index is 1520. The van der Waals surface area contributed by atoms with Gasteiger partial charge in [-0.15, -0.1) is 0 Å². The van der Waals surface area contributed by atoms with Crippen LogP contribution in [0.3, 0.4) is 0 Å². The van der Waals surface area contributed by atoms with Gasteiger partial charge >= 0.3 is 0 Å². The Morgan fingerprint density at radius 1 is 1.00 bits per heavy atom. The van der Waals surface area contributed by atoms with Crippen molar-refractivity contribution in [1.82, 2.24) is 15.0 Å². The highest BCUT2D eigenvalue weighted by atomic mass is 32.2. The van der Waals surface area contributed by atoms with Crippen molar-refractivity contribution >= 4 is 33.0 Å². The summed E-state index contributed by atoms with van der Waals surface area (Å²) < 4.78 is 28.0. The maximum Gasteiger partial charge on any atom is 0.240 e. The molecule has 0 atom stereocenters. The molecule has 1 saturated heterocycles. The lowest BCUT2D eigenvalue weighted by molar-refractivity contribution is 0.344. The van der Waals surface area contributed by atoms with E-state index >= 15 is 0 Å². The van der Waals surface area contributed by atoms with Crippen molar-refractivity contribution < 1.29 is 8.42 Å². The van der Waals surface area contributed by atoms with Crippen molar-refractivity contribution in [2.45, 2.75) is 31.6 Å². The number of nitrogens with one attached hydrogen (secondary N) is 4. The molecule has 0 saturated carbocycles. The average molecular weight is 530 g/mol. The molecule has 2 aliphatic heterocycles. The molecule has 5 rings (SSSR count). The van der Waals surface area contributed by atoms with Gasteiger partial charge in [-0.1, -0.05) is 6.07 Å². The van der Waals surface area contributed by atoms with Gasteiger partial charge in [0.1, 0.15) is 0 Å². The normalized spacial score (nSPS) is 15.1. The van der Waals surface area contributed by atoms with Gasteiger partial charge < -0.3 is 10.2 Å². The SMILES string of the molecule is Cc1ccc(C#N)cc1-c1cc(C)c2c(c1)NNC(Nc1ccc(S(=O)(=O)NCCN3CCCC3)cc1)=N2. The third-order valence-corrected chi connectivity index (χ3v) is 8.34. The minimum absolute atomic E-state index is 0.227. The zero-order valence-corrected chi connectivity index (χ0v) is 22.3. The van der Waals surface area contributed by atoms with Gasteiger partial charge in [-0.2, -0.15) is 5.26 Å². The molecular weight excluding hydrogens is 498 g/mol. The van der Waals surface area contributed by atoms with E-state index in [-0.39, 0.29) is 4.90 Å². The summed E-state index contributed by atoms with van der Waals surface area (Å²) in [5, 5.41) is 12.5. The molecule has 4 N–H and O–H groups in total. The Morgan fingerprint density at radius 3 is 2.50 bits per heavy atom. The van der Waals surface area contributed by atoms with Crippen molar-refractivity contribution in [2.24, 2.45) is 4.99 Å². The molecule has 196 valence electrons. The summed E-state index contributed by atoms with van der Waals surface area (Å²) in [7, 11) is -3.56. The maximum absolute atomic E-state index is 12.7. The van der Waals surface area contributed by atoms with Crippen molar-refractivity contribution in [3.8, 4) is 17.2 Å². The van der Waals surface area contributed by atoms with Gasteiger partial charge in [-0.25, -0.2) is 18.1 Å². The standard InChI is InChI=1S/C28H31N7O2S/c1-19-5-6-21(18-29)16-25(19)22-15-20(2)27-26(17-22)33-34-28(32-27)31-23-7-9-24(10-8-23)38(36,37)30-11-14-35-12-3-4-13-35/h5-10,15-17,30,33H,3-4,11-14H2,1-2H3,(H2,31,32,34). The molecule has 2 aliphatic rings. The molecule has 0 unspecified atom stereocenters. The van der Waals surface area contributed by atoms with Crippen molar-refractivity contribution in [3.63, 3.8) is 0 Å². The van der Waals surface area contributed by atoms with Crippen LogP contribution in [-0.2, 0) is 10.0 Å². The molecule has 0 spiro atoms. The summed E-state index contributed by atoms with van der Waals surface area (Å²) in [5.74, 6) is 0.496. The number of likely N-dealkylation sites (tertiary alicyclic amines) is 1. The Balaban J connectivity index is 1.27. The molecular formula is C28H31N7O2S. The van der Waals surface area contributed by atoms with E-state index in [0.29, 0.717) is 23.8 Å². The van der Waals surface area contributed by atoms with Crippen LogP contribution in [0.15, 0.2) is 64.5 Å². The zero-order chi connectivity index (χ0) is 26.7. The van der Waals surface area contributed by atoms with Crippen LogP contribution in [0.2, 0.25) is 0 Å². The molecule has 1 fully saturated rings. The highest BCUT2D eigenvalue weighted by Gasteiger charge is 2.18. The van der Waals surface area contributed by atoms with E-state index < -0.39 is 10.0 Å². The number of anilines is 2. The van der Waals surface area contributed by atoms with Gasteiger partial charge in [0.15, 0.2) is 0 Å². The third-order valence-electron chi connectivity index (χ3n) is 6.86. The number of aryl methyl sites for hydroxylation is 2. The molecule has 0 bridgehead atoms. The number of fused-ring (bicyclic) bond motifs is 1. The second-order valence-electron chi connectivity index (χ2n) is 9.64. The van der Waals surface area contributed by atoms with Crippen LogP contribution in [0.4, 0.5) is 17.1 Å². The highest BCUT2D eigenvalue weighted by Crippen LogP contribution is 2.37. The van der Waals surface area contributed by atoms with Gasteiger partial charge in [0.25, 0.3) is 0 Å². The number of hydrazine groups is 1. The number of hydrogen-bond donors (Lipinski definition) is 4. The first-order valence-corrected chi connectivity index (χ1v) is 14.2. The van der Waals surface area contributed by atoms with Crippen molar-refractivity contribution in [2.75, 3.05) is 36.9 Å². The molecule has 0 aliphatic carbocycles. The van der Waals surface area contributed by atoms with Crippen molar-refractivity contribution in [3.05, 3.63) is 71.3 Å². The number of hydrogen-bond acceptors (Lipinski definition) is 8. The number of benzene rings is 3. The van der Waals surface area contributed by atoms with Crippen molar-refractivity contribution in [1.29, 1.82) is 5.26 Å². The van der Waals surface area contributed by atoms with E-state index in [0.717, 1.165) is 53.3 Å². The Hall–Kier alpha value is -3.91. The van der Waals surface area contributed by atoms with E-state index in [1.54, 1.807) is 24.3 Å². The molecule has 38 heavy (non-hydrogen) atoms.